The van der Waals surface area contributed by atoms with Crippen LogP contribution in [-0.2, 0) is 11.2 Å². The van der Waals surface area contributed by atoms with Crippen molar-refractivity contribution in [3.05, 3.63) is 34.7 Å². The topological polar surface area (TPSA) is 62.1 Å². The van der Waals surface area contributed by atoms with Crippen molar-refractivity contribution in [2.45, 2.75) is 32.8 Å². The number of nitriles is 1. The Morgan fingerprint density at radius 2 is 2.19 bits per heavy atom. The van der Waals surface area contributed by atoms with Gasteiger partial charge in [-0.15, -0.1) is 11.3 Å². The summed E-state index contributed by atoms with van der Waals surface area (Å²) in [5.41, 5.74) is 1.31. The van der Waals surface area contributed by atoms with E-state index in [4.69, 9.17) is 10.00 Å². The summed E-state index contributed by atoms with van der Waals surface area (Å²) in [4.78, 5) is 11.5. The molecule has 0 aliphatic heterocycles. The number of carbonyl (C=O) groups excluding carboxylic acids is 1. The summed E-state index contributed by atoms with van der Waals surface area (Å²) in [5, 5.41) is 14.6. The number of nitrogens with zero attached hydrogens (tertiary/aromatic N) is 1. The molecule has 1 N–H and O–H groups in total. The molecular formula is C16H18N2O2S. The predicted molar refractivity (Wildman–Crippen MR) is 84.5 cm³/mol. The highest BCUT2D eigenvalue weighted by atomic mass is 32.1. The van der Waals surface area contributed by atoms with Gasteiger partial charge in [0, 0.05) is 22.0 Å². The SMILES string of the molecule is CC(C)(C)OC(=O)NCCc1ccc2scc(C#N)c2c1. The fourth-order valence-corrected chi connectivity index (χ4v) is 2.81. The van der Waals surface area contributed by atoms with Gasteiger partial charge in [0.15, 0.2) is 0 Å². The highest BCUT2D eigenvalue weighted by Crippen LogP contribution is 2.26. The van der Waals surface area contributed by atoms with Crippen LogP contribution in [0, 0.1) is 11.3 Å². The number of thiophene rings is 1. The van der Waals surface area contributed by atoms with Crippen LogP contribution >= 0.6 is 11.3 Å². The first-order chi connectivity index (χ1) is 9.89. The molecule has 1 amide bonds. The number of amides is 1. The molecule has 0 fully saturated rings. The molecule has 4 nitrogen and oxygen atoms in total. The molecule has 0 radical (unpaired) electrons. The number of carbonyl (C=O) groups is 1. The average Bonchev–Trinajstić information content (AvgIpc) is 2.78. The Hall–Kier alpha value is -2.06. The van der Waals surface area contributed by atoms with Crippen LogP contribution in [0.4, 0.5) is 4.79 Å². The van der Waals surface area contributed by atoms with Crippen LogP contribution in [0.2, 0.25) is 0 Å². The van der Waals surface area contributed by atoms with E-state index < -0.39 is 11.7 Å². The maximum atomic E-state index is 11.5. The standard InChI is InChI=1S/C16H18N2O2S/c1-16(2,3)20-15(19)18-7-6-11-4-5-14-13(8-11)12(9-17)10-21-14/h4-5,8,10H,6-7H2,1-3H3,(H,18,19). The molecular weight excluding hydrogens is 284 g/mol. The third kappa shape index (κ3) is 4.20. The maximum Gasteiger partial charge on any atom is 0.407 e. The van der Waals surface area contributed by atoms with Gasteiger partial charge < -0.3 is 10.1 Å². The van der Waals surface area contributed by atoms with Crippen LogP contribution in [0.25, 0.3) is 10.1 Å². The molecule has 0 atom stereocenters. The van der Waals surface area contributed by atoms with Crippen LogP contribution in [-0.4, -0.2) is 18.2 Å². The monoisotopic (exact) mass is 302 g/mol. The molecule has 0 aliphatic carbocycles. The third-order valence-corrected chi connectivity index (χ3v) is 3.80. The van der Waals surface area contributed by atoms with Gasteiger partial charge in [0.25, 0.3) is 0 Å². The molecule has 1 heterocycles. The van der Waals surface area contributed by atoms with Crippen LogP contribution in [0.1, 0.15) is 31.9 Å². The Balaban J connectivity index is 1.95. The van der Waals surface area contributed by atoms with E-state index in [1.165, 1.54) is 0 Å². The smallest absolute Gasteiger partial charge is 0.407 e. The quantitative estimate of drug-likeness (QED) is 0.937. The fourth-order valence-electron chi connectivity index (χ4n) is 1.94. The van der Waals surface area contributed by atoms with Gasteiger partial charge in [-0.2, -0.15) is 5.26 Å². The van der Waals surface area contributed by atoms with Crippen molar-refractivity contribution in [3.63, 3.8) is 0 Å². The molecule has 2 rings (SSSR count). The van der Waals surface area contributed by atoms with E-state index in [2.05, 4.69) is 11.4 Å². The number of alkyl carbamates (subject to hydrolysis) is 1. The summed E-state index contributed by atoms with van der Waals surface area (Å²) in [6.07, 6.45) is 0.299. The largest absolute Gasteiger partial charge is 0.444 e. The Morgan fingerprint density at radius 3 is 2.86 bits per heavy atom. The lowest BCUT2D eigenvalue weighted by Gasteiger charge is -2.19. The van der Waals surface area contributed by atoms with E-state index in [9.17, 15) is 4.79 Å². The molecule has 0 saturated carbocycles. The van der Waals surface area contributed by atoms with E-state index in [1.54, 1.807) is 11.3 Å². The minimum Gasteiger partial charge on any atom is -0.444 e. The molecule has 0 unspecified atom stereocenters. The van der Waals surface area contributed by atoms with E-state index in [1.807, 2.05) is 44.4 Å². The Bertz CT molecular complexity index is 692. The molecule has 0 bridgehead atoms. The Kier molecular flexibility index (Phi) is 4.49. The number of benzene rings is 1. The van der Waals surface area contributed by atoms with Crippen LogP contribution in [0.5, 0.6) is 0 Å². The van der Waals surface area contributed by atoms with Gasteiger partial charge in [-0.1, -0.05) is 6.07 Å². The van der Waals surface area contributed by atoms with Gasteiger partial charge in [-0.05, 0) is 44.9 Å². The van der Waals surface area contributed by atoms with Crippen molar-refractivity contribution in [2.75, 3.05) is 6.54 Å². The highest BCUT2D eigenvalue weighted by molar-refractivity contribution is 7.17. The number of hydrogen-bond donors (Lipinski definition) is 1. The van der Waals surface area contributed by atoms with Crippen molar-refractivity contribution in [3.8, 4) is 6.07 Å². The first-order valence-electron chi connectivity index (χ1n) is 6.76. The van der Waals surface area contributed by atoms with Gasteiger partial charge in [0.05, 0.1) is 5.56 Å². The van der Waals surface area contributed by atoms with E-state index in [-0.39, 0.29) is 0 Å². The van der Waals surface area contributed by atoms with Crippen molar-refractivity contribution >= 4 is 27.5 Å². The first kappa shape index (κ1) is 15.3. The lowest BCUT2D eigenvalue weighted by molar-refractivity contribution is 0.0528. The molecule has 21 heavy (non-hydrogen) atoms. The number of fused-ring (bicyclic) bond motifs is 1. The van der Waals surface area contributed by atoms with Gasteiger partial charge >= 0.3 is 6.09 Å². The number of hydrogen-bond acceptors (Lipinski definition) is 4. The zero-order valence-corrected chi connectivity index (χ0v) is 13.2. The third-order valence-electron chi connectivity index (χ3n) is 2.84. The minimum absolute atomic E-state index is 0.406. The van der Waals surface area contributed by atoms with Gasteiger partial charge in [0.2, 0.25) is 0 Å². The Morgan fingerprint density at radius 1 is 1.43 bits per heavy atom. The van der Waals surface area contributed by atoms with Crippen LogP contribution < -0.4 is 5.32 Å². The van der Waals surface area contributed by atoms with E-state index in [0.717, 1.165) is 15.6 Å². The molecule has 0 spiro atoms. The Labute approximate surface area is 128 Å². The molecule has 110 valence electrons. The van der Waals surface area contributed by atoms with Crippen molar-refractivity contribution < 1.29 is 9.53 Å². The number of nitrogens with one attached hydrogen (secondary N) is 1. The van der Waals surface area contributed by atoms with Crippen LogP contribution in [0.3, 0.4) is 0 Å². The summed E-state index contributed by atoms with van der Waals surface area (Å²) >= 11 is 1.57. The molecule has 0 aliphatic rings. The van der Waals surface area contributed by atoms with Crippen molar-refractivity contribution in [1.29, 1.82) is 5.26 Å². The van der Waals surface area contributed by atoms with Gasteiger partial charge in [0.1, 0.15) is 11.7 Å². The number of ether oxygens (including phenoxy) is 1. The molecule has 0 saturated heterocycles. The normalized spacial score (nSPS) is 11.1. The predicted octanol–water partition coefficient (Wildman–Crippen LogP) is 3.84. The molecule has 1 aromatic heterocycles. The molecule has 2 aromatic rings. The summed E-state index contributed by atoms with van der Waals surface area (Å²) in [6, 6.07) is 8.26. The zero-order chi connectivity index (χ0) is 15.5. The minimum atomic E-state index is -0.485. The van der Waals surface area contributed by atoms with Crippen molar-refractivity contribution in [1.82, 2.24) is 5.32 Å². The van der Waals surface area contributed by atoms with Crippen LogP contribution in [0.15, 0.2) is 23.6 Å². The van der Waals surface area contributed by atoms with E-state index in [0.29, 0.717) is 18.5 Å². The number of rotatable bonds is 3. The lowest BCUT2D eigenvalue weighted by atomic mass is 10.1. The summed E-state index contributed by atoms with van der Waals surface area (Å²) in [7, 11) is 0. The zero-order valence-electron chi connectivity index (χ0n) is 12.4. The van der Waals surface area contributed by atoms with Gasteiger partial charge in [-0.3, -0.25) is 0 Å². The van der Waals surface area contributed by atoms with Crippen molar-refractivity contribution in [2.24, 2.45) is 0 Å². The lowest BCUT2D eigenvalue weighted by Crippen LogP contribution is -2.33. The fraction of sp³-hybridized carbons (Fsp3) is 0.375. The second-order valence-electron chi connectivity index (χ2n) is 5.77. The van der Waals surface area contributed by atoms with E-state index >= 15 is 0 Å². The molecule has 1 aromatic carbocycles. The maximum absolute atomic E-state index is 11.5. The second kappa shape index (κ2) is 6.15. The average molecular weight is 302 g/mol. The summed E-state index contributed by atoms with van der Waals surface area (Å²) in [6.45, 7) is 6.01. The van der Waals surface area contributed by atoms with Gasteiger partial charge in [-0.25, -0.2) is 4.79 Å². The first-order valence-corrected chi connectivity index (χ1v) is 7.64. The summed E-state index contributed by atoms with van der Waals surface area (Å²) in [5.74, 6) is 0. The molecule has 5 heteroatoms. The summed E-state index contributed by atoms with van der Waals surface area (Å²) < 4.78 is 6.29. The highest BCUT2D eigenvalue weighted by Gasteiger charge is 2.15. The second-order valence-corrected chi connectivity index (χ2v) is 6.68.